The molecule has 1 aliphatic rings. The Morgan fingerprint density at radius 1 is 1.48 bits per heavy atom. The monoisotopic (exact) mass is 335 g/mol. The number of carboxylic acids is 1. The standard InChI is InChI=1S/C13H18ClNO5S/c1-12(2,3)13(11(16)17)5-6-15(8-13)21(18,19)9-4-7-20-10(9)14/h4,7H,5-6,8H2,1-3H3,(H,16,17). The van der Waals surface area contributed by atoms with Crippen LogP contribution in [0.1, 0.15) is 27.2 Å². The highest BCUT2D eigenvalue weighted by molar-refractivity contribution is 7.89. The van der Waals surface area contributed by atoms with Crippen LogP contribution in [-0.4, -0.2) is 36.9 Å². The number of carboxylic acid groups (broad SMARTS) is 1. The van der Waals surface area contributed by atoms with Gasteiger partial charge in [-0.1, -0.05) is 20.8 Å². The highest BCUT2D eigenvalue weighted by atomic mass is 35.5. The molecule has 1 aliphatic heterocycles. The summed E-state index contributed by atoms with van der Waals surface area (Å²) in [6, 6.07) is 1.27. The fraction of sp³-hybridized carbons (Fsp3) is 0.615. The van der Waals surface area contributed by atoms with Gasteiger partial charge in [0.05, 0.1) is 11.7 Å². The van der Waals surface area contributed by atoms with Crippen LogP contribution in [0.15, 0.2) is 21.6 Å². The summed E-state index contributed by atoms with van der Waals surface area (Å²) < 4.78 is 31.1. The van der Waals surface area contributed by atoms with Crippen molar-refractivity contribution in [3.8, 4) is 0 Å². The Hall–Kier alpha value is -1.05. The number of hydrogen-bond acceptors (Lipinski definition) is 4. The normalized spacial score (nSPS) is 24.4. The highest BCUT2D eigenvalue weighted by Gasteiger charge is 2.55. The summed E-state index contributed by atoms with van der Waals surface area (Å²) in [5.41, 5.74) is -1.68. The topological polar surface area (TPSA) is 87.8 Å². The van der Waals surface area contributed by atoms with E-state index in [-0.39, 0.29) is 29.6 Å². The lowest BCUT2D eigenvalue weighted by Gasteiger charge is -2.37. The summed E-state index contributed by atoms with van der Waals surface area (Å²) in [5, 5.41) is 9.39. The molecule has 0 aliphatic carbocycles. The molecule has 1 unspecified atom stereocenters. The average Bonchev–Trinajstić information content (AvgIpc) is 2.94. The second-order valence-electron chi connectivity index (χ2n) is 6.28. The van der Waals surface area contributed by atoms with Crippen molar-refractivity contribution in [3.63, 3.8) is 0 Å². The maximum absolute atomic E-state index is 12.5. The van der Waals surface area contributed by atoms with Crippen molar-refractivity contribution in [2.24, 2.45) is 10.8 Å². The molecule has 2 heterocycles. The van der Waals surface area contributed by atoms with Gasteiger partial charge in [0.1, 0.15) is 4.90 Å². The van der Waals surface area contributed by atoms with E-state index >= 15 is 0 Å². The molecule has 0 spiro atoms. The number of nitrogens with zero attached hydrogens (tertiary/aromatic N) is 1. The Bertz CT molecular complexity index is 660. The molecular formula is C13H18ClNO5S. The molecule has 118 valence electrons. The van der Waals surface area contributed by atoms with E-state index in [0.717, 1.165) is 0 Å². The molecule has 1 atom stereocenters. The summed E-state index contributed by atoms with van der Waals surface area (Å²) in [7, 11) is -3.85. The molecule has 0 saturated carbocycles. The van der Waals surface area contributed by atoms with Crippen molar-refractivity contribution < 1.29 is 22.7 Å². The third kappa shape index (κ3) is 2.47. The first-order valence-electron chi connectivity index (χ1n) is 6.49. The summed E-state index contributed by atoms with van der Waals surface area (Å²) in [5.74, 6) is -0.981. The lowest BCUT2D eigenvalue weighted by molar-refractivity contribution is -0.154. The minimum Gasteiger partial charge on any atom is -0.481 e. The fourth-order valence-electron chi connectivity index (χ4n) is 2.69. The minimum atomic E-state index is -3.85. The van der Waals surface area contributed by atoms with Crippen molar-refractivity contribution >= 4 is 27.6 Å². The Labute approximate surface area is 128 Å². The second-order valence-corrected chi connectivity index (χ2v) is 8.53. The molecule has 21 heavy (non-hydrogen) atoms. The first kappa shape index (κ1) is 16.3. The van der Waals surface area contributed by atoms with Crippen LogP contribution in [0.2, 0.25) is 5.22 Å². The number of furan rings is 1. The zero-order valence-corrected chi connectivity index (χ0v) is 13.7. The number of aliphatic carboxylic acids is 1. The van der Waals surface area contributed by atoms with Gasteiger partial charge < -0.3 is 9.52 Å². The SMILES string of the molecule is CC(C)(C)C1(C(=O)O)CCN(S(=O)(=O)c2ccoc2Cl)C1. The van der Waals surface area contributed by atoms with Crippen LogP contribution in [-0.2, 0) is 14.8 Å². The Morgan fingerprint density at radius 2 is 2.10 bits per heavy atom. The van der Waals surface area contributed by atoms with Crippen LogP contribution in [0.4, 0.5) is 0 Å². The molecule has 2 rings (SSSR count). The molecule has 0 aromatic carbocycles. The molecule has 1 aromatic heterocycles. The molecule has 0 radical (unpaired) electrons. The van der Waals surface area contributed by atoms with Gasteiger partial charge in [0, 0.05) is 13.1 Å². The quantitative estimate of drug-likeness (QED) is 0.916. The van der Waals surface area contributed by atoms with E-state index in [1.54, 1.807) is 0 Å². The van der Waals surface area contributed by atoms with Crippen LogP contribution in [0.25, 0.3) is 0 Å². The Balaban J connectivity index is 2.39. The molecule has 1 fully saturated rings. The lowest BCUT2D eigenvalue weighted by atomic mass is 9.66. The molecule has 8 heteroatoms. The first-order chi connectivity index (χ1) is 9.52. The van der Waals surface area contributed by atoms with E-state index in [4.69, 9.17) is 16.0 Å². The van der Waals surface area contributed by atoms with Crippen molar-refractivity contribution in [2.45, 2.75) is 32.1 Å². The summed E-state index contributed by atoms with van der Waals surface area (Å²) in [6.07, 6.45) is 1.46. The fourth-order valence-corrected chi connectivity index (χ4v) is 4.58. The average molecular weight is 336 g/mol. The van der Waals surface area contributed by atoms with E-state index in [1.807, 2.05) is 20.8 Å². The van der Waals surface area contributed by atoms with Gasteiger partial charge in [-0.25, -0.2) is 8.42 Å². The summed E-state index contributed by atoms with van der Waals surface area (Å²) >= 11 is 5.74. The highest BCUT2D eigenvalue weighted by Crippen LogP contribution is 2.47. The molecule has 1 saturated heterocycles. The Kier molecular flexibility index (Phi) is 3.89. The molecule has 0 bridgehead atoms. The molecule has 1 aromatic rings. The van der Waals surface area contributed by atoms with E-state index < -0.39 is 26.8 Å². The van der Waals surface area contributed by atoms with Gasteiger partial charge >= 0.3 is 5.97 Å². The Morgan fingerprint density at radius 3 is 2.48 bits per heavy atom. The number of rotatable bonds is 3. The van der Waals surface area contributed by atoms with Crippen LogP contribution >= 0.6 is 11.6 Å². The van der Waals surface area contributed by atoms with Crippen LogP contribution in [0, 0.1) is 10.8 Å². The summed E-state index contributed by atoms with van der Waals surface area (Å²) in [6.45, 7) is 5.50. The number of sulfonamides is 1. The molecule has 6 nitrogen and oxygen atoms in total. The number of carbonyl (C=O) groups is 1. The van der Waals surface area contributed by atoms with Gasteiger partial charge in [-0.15, -0.1) is 0 Å². The van der Waals surface area contributed by atoms with E-state index in [1.165, 1.54) is 16.6 Å². The molecule has 1 N–H and O–H groups in total. The zero-order valence-electron chi connectivity index (χ0n) is 12.1. The van der Waals surface area contributed by atoms with Crippen LogP contribution in [0.5, 0.6) is 0 Å². The number of halogens is 1. The van der Waals surface area contributed by atoms with E-state index in [9.17, 15) is 18.3 Å². The minimum absolute atomic E-state index is 0.0737. The zero-order chi connectivity index (χ0) is 16.1. The van der Waals surface area contributed by atoms with Crippen molar-refractivity contribution in [1.82, 2.24) is 4.31 Å². The molecular weight excluding hydrogens is 318 g/mol. The van der Waals surface area contributed by atoms with Gasteiger partial charge in [0.15, 0.2) is 0 Å². The predicted molar refractivity (Wildman–Crippen MR) is 76.6 cm³/mol. The van der Waals surface area contributed by atoms with E-state index in [2.05, 4.69) is 0 Å². The first-order valence-corrected chi connectivity index (χ1v) is 8.31. The summed E-state index contributed by atoms with van der Waals surface area (Å²) in [4.78, 5) is 11.6. The van der Waals surface area contributed by atoms with Crippen LogP contribution in [0.3, 0.4) is 0 Å². The lowest BCUT2D eigenvalue weighted by Crippen LogP contribution is -2.46. The maximum atomic E-state index is 12.5. The van der Waals surface area contributed by atoms with Gasteiger partial charge in [-0.2, -0.15) is 4.31 Å². The van der Waals surface area contributed by atoms with Crippen molar-refractivity contribution in [2.75, 3.05) is 13.1 Å². The second kappa shape index (κ2) is 5.00. The maximum Gasteiger partial charge on any atom is 0.311 e. The smallest absolute Gasteiger partial charge is 0.311 e. The van der Waals surface area contributed by atoms with Gasteiger partial charge in [-0.05, 0) is 29.5 Å². The third-order valence-corrected chi connectivity index (χ3v) is 6.56. The van der Waals surface area contributed by atoms with E-state index in [0.29, 0.717) is 0 Å². The largest absolute Gasteiger partial charge is 0.481 e. The van der Waals surface area contributed by atoms with Crippen LogP contribution < -0.4 is 0 Å². The van der Waals surface area contributed by atoms with Gasteiger partial charge in [0.2, 0.25) is 15.2 Å². The third-order valence-electron chi connectivity index (χ3n) is 4.28. The molecule has 0 amide bonds. The predicted octanol–water partition coefficient (Wildman–Crippen LogP) is 2.44. The van der Waals surface area contributed by atoms with Crippen molar-refractivity contribution in [3.05, 3.63) is 17.5 Å². The van der Waals surface area contributed by atoms with Gasteiger partial charge in [-0.3, -0.25) is 4.79 Å². The van der Waals surface area contributed by atoms with Crippen molar-refractivity contribution in [1.29, 1.82) is 0 Å². The number of hydrogen-bond donors (Lipinski definition) is 1. The van der Waals surface area contributed by atoms with Gasteiger partial charge in [0.25, 0.3) is 0 Å².